The summed E-state index contributed by atoms with van der Waals surface area (Å²) in [6.45, 7) is 4.85. The molecule has 0 aliphatic carbocycles. The number of fused-ring (bicyclic) bond motifs is 1. The van der Waals surface area contributed by atoms with Crippen molar-refractivity contribution in [2.45, 2.75) is 26.6 Å². The number of hydrogen-bond acceptors (Lipinski definition) is 2. The van der Waals surface area contributed by atoms with Crippen molar-refractivity contribution in [2.24, 2.45) is 0 Å². The summed E-state index contributed by atoms with van der Waals surface area (Å²) in [5.41, 5.74) is 1.30. The minimum atomic E-state index is 0.300. The summed E-state index contributed by atoms with van der Waals surface area (Å²) in [6, 6.07) is 8.46. The fourth-order valence-electron chi connectivity index (χ4n) is 1.40. The highest BCUT2D eigenvalue weighted by molar-refractivity contribution is 7.17. The van der Waals surface area contributed by atoms with Crippen LogP contribution in [-0.4, -0.2) is 6.10 Å². The molecule has 1 aromatic carbocycles. The monoisotopic (exact) mass is 206 g/mol. The maximum atomic E-state index is 5.60. The molecule has 1 aromatic heterocycles. The van der Waals surface area contributed by atoms with Crippen molar-refractivity contribution in [2.75, 3.05) is 0 Å². The second kappa shape index (κ2) is 4.11. The van der Waals surface area contributed by atoms with E-state index in [1.54, 1.807) is 11.3 Å². The van der Waals surface area contributed by atoms with Crippen molar-refractivity contribution in [3.8, 4) is 0 Å². The van der Waals surface area contributed by atoms with Crippen LogP contribution in [0.25, 0.3) is 10.1 Å². The Balaban J connectivity index is 2.25. The molecule has 0 aliphatic heterocycles. The highest BCUT2D eigenvalue weighted by Crippen LogP contribution is 2.26. The van der Waals surface area contributed by atoms with Gasteiger partial charge in [-0.3, -0.25) is 0 Å². The second-order valence-corrected chi connectivity index (χ2v) is 4.53. The Kier molecular flexibility index (Phi) is 2.85. The number of hydrogen-bond donors (Lipinski definition) is 0. The van der Waals surface area contributed by atoms with Crippen molar-refractivity contribution in [1.82, 2.24) is 0 Å². The van der Waals surface area contributed by atoms with Crippen LogP contribution in [0.15, 0.2) is 29.6 Å². The fourth-order valence-corrected chi connectivity index (χ4v) is 2.35. The van der Waals surface area contributed by atoms with Gasteiger partial charge in [0.15, 0.2) is 0 Å². The van der Waals surface area contributed by atoms with Gasteiger partial charge in [-0.15, -0.1) is 11.3 Å². The van der Waals surface area contributed by atoms with E-state index >= 15 is 0 Å². The van der Waals surface area contributed by atoms with Crippen molar-refractivity contribution in [1.29, 1.82) is 0 Å². The van der Waals surface area contributed by atoms with Crippen molar-refractivity contribution in [3.63, 3.8) is 0 Å². The van der Waals surface area contributed by atoms with Crippen molar-refractivity contribution in [3.05, 3.63) is 35.2 Å². The first-order valence-corrected chi connectivity index (χ1v) is 5.72. The normalized spacial score (nSPS) is 11.4. The van der Waals surface area contributed by atoms with Gasteiger partial charge in [0, 0.05) is 4.70 Å². The van der Waals surface area contributed by atoms with Gasteiger partial charge in [-0.05, 0) is 36.2 Å². The number of rotatable bonds is 3. The van der Waals surface area contributed by atoms with Crippen LogP contribution in [0.5, 0.6) is 0 Å². The van der Waals surface area contributed by atoms with E-state index in [4.69, 9.17) is 4.74 Å². The third kappa shape index (κ3) is 1.97. The standard InChI is InChI=1S/C12H14OS/c1-9(2)13-7-10-8-14-12-6-4-3-5-11(10)12/h3-6,8-9H,7H2,1-2H3. The van der Waals surface area contributed by atoms with Gasteiger partial charge in [-0.25, -0.2) is 0 Å². The van der Waals surface area contributed by atoms with Gasteiger partial charge in [0.05, 0.1) is 12.7 Å². The topological polar surface area (TPSA) is 9.23 Å². The molecule has 2 heteroatoms. The fraction of sp³-hybridized carbons (Fsp3) is 0.333. The van der Waals surface area contributed by atoms with Crippen LogP contribution in [0, 0.1) is 0 Å². The zero-order valence-electron chi connectivity index (χ0n) is 8.49. The summed E-state index contributed by atoms with van der Waals surface area (Å²) in [4.78, 5) is 0. The Labute approximate surface area is 88.3 Å². The van der Waals surface area contributed by atoms with Gasteiger partial charge in [-0.2, -0.15) is 0 Å². The van der Waals surface area contributed by atoms with Crippen LogP contribution < -0.4 is 0 Å². The Hall–Kier alpha value is -0.860. The quantitative estimate of drug-likeness (QED) is 0.741. The molecule has 0 unspecified atom stereocenters. The number of benzene rings is 1. The average molecular weight is 206 g/mol. The van der Waals surface area contributed by atoms with Gasteiger partial charge in [-0.1, -0.05) is 18.2 Å². The van der Waals surface area contributed by atoms with Crippen LogP contribution in [-0.2, 0) is 11.3 Å². The number of thiophene rings is 1. The van der Waals surface area contributed by atoms with Gasteiger partial charge in [0.2, 0.25) is 0 Å². The van der Waals surface area contributed by atoms with Crippen LogP contribution in [0.4, 0.5) is 0 Å². The van der Waals surface area contributed by atoms with E-state index in [1.165, 1.54) is 15.6 Å². The minimum absolute atomic E-state index is 0.300. The Morgan fingerprint density at radius 3 is 2.86 bits per heavy atom. The van der Waals surface area contributed by atoms with Crippen molar-refractivity contribution >= 4 is 21.4 Å². The molecule has 1 nitrogen and oxygen atoms in total. The van der Waals surface area contributed by atoms with E-state index in [1.807, 2.05) is 0 Å². The lowest BCUT2D eigenvalue weighted by Gasteiger charge is -2.05. The largest absolute Gasteiger partial charge is 0.374 e. The number of ether oxygens (including phenoxy) is 1. The SMILES string of the molecule is CC(C)OCc1csc2ccccc12. The lowest BCUT2D eigenvalue weighted by atomic mass is 10.2. The molecule has 0 N–H and O–H groups in total. The molecule has 0 amide bonds. The molecule has 0 saturated carbocycles. The van der Waals surface area contributed by atoms with E-state index in [0.717, 1.165) is 6.61 Å². The second-order valence-electron chi connectivity index (χ2n) is 3.62. The first kappa shape index (κ1) is 9.69. The molecule has 0 atom stereocenters. The van der Waals surface area contributed by atoms with E-state index in [0.29, 0.717) is 6.10 Å². The third-order valence-electron chi connectivity index (χ3n) is 2.13. The van der Waals surface area contributed by atoms with Crippen molar-refractivity contribution < 1.29 is 4.74 Å². The summed E-state index contributed by atoms with van der Waals surface area (Å²) in [5.74, 6) is 0. The van der Waals surface area contributed by atoms with E-state index in [9.17, 15) is 0 Å². The highest BCUT2D eigenvalue weighted by Gasteiger charge is 2.03. The van der Waals surface area contributed by atoms with E-state index < -0.39 is 0 Å². The molecular weight excluding hydrogens is 192 g/mol. The van der Waals surface area contributed by atoms with Gasteiger partial charge < -0.3 is 4.74 Å². The molecule has 74 valence electrons. The summed E-state index contributed by atoms with van der Waals surface area (Å²) in [5, 5.41) is 3.52. The van der Waals surface area contributed by atoms with Crippen LogP contribution in [0.2, 0.25) is 0 Å². The maximum absolute atomic E-state index is 5.60. The summed E-state index contributed by atoms with van der Waals surface area (Å²) < 4.78 is 6.94. The lowest BCUT2D eigenvalue weighted by Crippen LogP contribution is -2.01. The van der Waals surface area contributed by atoms with Gasteiger partial charge in [0.1, 0.15) is 0 Å². The zero-order chi connectivity index (χ0) is 9.97. The first-order valence-electron chi connectivity index (χ1n) is 4.84. The van der Waals surface area contributed by atoms with E-state index in [2.05, 4.69) is 43.5 Å². The van der Waals surface area contributed by atoms with Gasteiger partial charge in [0.25, 0.3) is 0 Å². The zero-order valence-corrected chi connectivity index (χ0v) is 9.30. The molecular formula is C12H14OS. The summed E-state index contributed by atoms with van der Waals surface area (Å²) >= 11 is 1.79. The molecule has 2 rings (SSSR count). The predicted octanol–water partition coefficient (Wildman–Crippen LogP) is 3.83. The Bertz CT molecular complexity index is 417. The van der Waals surface area contributed by atoms with Gasteiger partial charge >= 0.3 is 0 Å². The molecule has 2 aromatic rings. The Morgan fingerprint density at radius 1 is 1.29 bits per heavy atom. The molecule has 0 spiro atoms. The summed E-state index contributed by atoms with van der Waals surface area (Å²) in [6.07, 6.45) is 0.300. The van der Waals surface area contributed by atoms with Crippen LogP contribution in [0.1, 0.15) is 19.4 Å². The highest BCUT2D eigenvalue weighted by atomic mass is 32.1. The smallest absolute Gasteiger partial charge is 0.0734 e. The molecule has 0 bridgehead atoms. The molecule has 0 radical (unpaired) electrons. The van der Waals surface area contributed by atoms with E-state index in [-0.39, 0.29) is 0 Å². The first-order chi connectivity index (χ1) is 6.77. The molecule has 1 heterocycles. The molecule has 0 aliphatic rings. The molecule has 0 fully saturated rings. The predicted molar refractivity (Wildman–Crippen MR) is 61.8 cm³/mol. The molecule has 0 saturated heterocycles. The average Bonchev–Trinajstić information content (AvgIpc) is 2.58. The summed E-state index contributed by atoms with van der Waals surface area (Å²) in [7, 11) is 0. The lowest BCUT2D eigenvalue weighted by molar-refractivity contribution is 0.0666. The van der Waals surface area contributed by atoms with Crippen LogP contribution in [0.3, 0.4) is 0 Å². The Morgan fingerprint density at radius 2 is 2.07 bits per heavy atom. The van der Waals surface area contributed by atoms with Crippen LogP contribution >= 0.6 is 11.3 Å². The third-order valence-corrected chi connectivity index (χ3v) is 3.15. The molecule has 14 heavy (non-hydrogen) atoms. The maximum Gasteiger partial charge on any atom is 0.0734 e. The minimum Gasteiger partial charge on any atom is -0.374 e.